The fraction of sp³-hybridized carbons (Fsp3) is 0.727. The molecule has 0 atom stereocenters. The van der Waals surface area contributed by atoms with Crippen molar-refractivity contribution in [3.63, 3.8) is 0 Å². The van der Waals surface area contributed by atoms with Crippen LogP contribution < -0.4 is 10.6 Å². The lowest BCUT2D eigenvalue weighted by Crippen LogP contribution is -2.34. The van der Waals surface area contributed by atoms with Gasteiger partial charge in [-0.2, -0.15) is 13.2 Å². The second-order valence-corrected chi connectivity index (χ2v) is 5.01. The van der Waals surface area contributed by atoms with Crippen molar-refractivity contribution in [1.82, 2.24) is 4.98 Å². The second kappa shape index (κ2) is 6.38. The summed E-state index contributed by atoms with van der Waals surface area (Å²) in [6.07, 6.45) is -2.55. The highest BCUT2D eigenvalue weighted by Gasteiger charge is 2.31. The van der Waals surface area contributed by atoms with E-state index in [4.69, 9.17) is 5.73 Å². The SMILES string of the molecule is CCCc1nc(N(CC)CC(F)(F)F)sc1CN. The van der Waals surface area contributed by atoms with E-state index in [0.717, 1.165) is 23.4 Å². The van der Waals surface area contributed by atoms with Gasteiger partial charge in [-0.25, -0.2) is 4.98 Å². The van der Waals surface area contributed by atoms with Crippen LogP contribution in [0.3, 0.4) is 0 Å². The minimum atomic E-state index is -4.21. The van der Waals surface area contributed by atoms with Gasteiger partial charge in [0.2, 0.25) is 0 Å². The molecule has 0 aliphatic heterocycles. The highest BCUT2D eigenvalue weighted by molar-refractivity contribution is 7.15. The van der Waals surface area contributed by atoms with Crippen molar-refractivity contribution >= 4 is 16.5 Å². The molecular weight excluding hydrogens is 263 g/mol. The van der Waals surface area contributed by atoms with E-state index in [9.17, 15) is 13.2 Å². The van der Waals surface area contributed by atoms with E-state index in [-0.39, 0.29) is 6.54 Å². The van der Waals surface area contributed by atoms with Crippen LogP contribution >= 0.6 is 11.3 Å². The topological polar surface area (TPSA) is 42.2 Å². The molecule has 0 unspecified atom stereocenters. The number of thiazole rings is 1. The first-order valence-electron chi connectivity index (χ1n) is 5.91. The lowest BCUT2D eigenvalue weighted by Gasteiger charge is -2.21. The summed E-state index contributed by atoms with van der Waals surface area (Å²) >= 11 is 1.26. The highest BCUT2D eigenvalue weighted by Crippen LogP contribution is 2.29. The first-order valence-corrected chi connectivity index (χ1v) is 6.73. The number of hydrogen-bond donors (Lipinski definition) is 1. The van der Waals surface area contributed by atoms with Crippen molar-refractivity contribution < 1.29 is 13.2 Å². The Balaban J connectivity index is 2.92. The number of alkyl halides is 3. The minimum Gasteiger partial charge on any atom is -0.339 e. The summed E-state index contributed by atoms with van der Waals surface area (Å²) in [5.41, 5.74) is 6.43. The lowest BCUT2D eigenvalue weighted by atomic mass is 10.2. The molecule has 1 rings (SSSR count). The molecule has 0 saturated carbocycles. The molecule has 0 radical (unpaired) electrons. The molecular formula is C11H18F3N3S. The summed E-state index contributed by atoms with van der Waals surface area (Å²) < 4.78 is 37.3. The van der Waals surface area contributed by atoms with Crippen molar-refractivity contribution in [2.24, 2.45) is 5.73 Å². The Morgan fingerprint density at radius 2 is 2.00 bits per heavy atom. The first kappa shape index (κ1) is 15.2. The maximum absolute atomic E-state index is 12.4. The summed E-state index contributed by atoms with van der Waals surface area (Å²) in [5, 5.41) is 0.415. The van der Waals surface area contributed by atoms with E-state index < -0.39 is 12.7 Å². The zero-order chi connectivity index (χ0) is 13.8. The van der Waals surface area contributed by atoms with E-state index in [2.05, 4.69) is 4.98 Å². The molecule has 2 N–H and O–H groups in total. The predicted octanol–water partition coefficient (Wildman–Crippen LogP) is 2.94. The fourth-order valence-corrected chi connectivity index (χ4v) is 2.68. The third-order valence-corrected chi connectivity index (χ3v) is 3.64. The van der Waals surface area contributed by atoms with Gasteiger partial charge in [0.25, 0.3) is 0 Å². The monoisotopic (exact) mass is 281 g/mol. The van der Waals surface area contributed by atoms with E-state index >= 15 is 0 Å². The Kier molecular flexibility index (Phi) is 5.40. The second-order valence-electron chi connectivity index (χ2n) is 3.95. The van der Waals surface area contributed by atoms with Crippen molar-refractivity contribution in [2.45, 2.75) is 39.4 Å². The maximum Gasteiger partial charge on any atom is 0.406 e. The summed E-state index contributed by atoms with van der Waals surface area (Å²) in [6.45, 7) is 3.34. The molecule has 3 nitrogen and oxygen atoms in total. The van der Waals surface area contributed by atoms with Gasteiger partial charge in [0.05, 0.1) is 5.69 Å². The van der Waals surface area contributed by atoms with Crippen LogP contribution in [-0.4, -0.2) is 24.2 Å². The van der Waals surface area contributed by atoms with E-state index in [1.807, 2.05) is 6.92 Å². The van der Waals surface area contributed by atoms with Gasteiger partial charge in [0.15, 0.2) is 5.13 Å². The Morgan fingerprint density at radius 3 is 2.44 bits per heavy atom. The van der Waals surface area contributed by atoms with Crippen LogP contribution in [0, 0.1) is 0 Å². The summed E-state index contributed by atoms with van der Waals surface area (Å²) in [5.74, 6) is 0. The molecule has 0 fully saturated rings. The zero-order valence-corrected chi connectivity index (χ0v) is 11.4. The van der Waals surface area contributed by atoms with Crippen LogP contribution in [0.4, 0.5) is 18.3 Å². The quantitative estimate of drug-likeness (QED) is 0.871. The van der Waals surface area contributed by atoms with Crippen molar-refractivity contribution in [1.29, 1.82) is 0 Å². The van der Waals surface area contributed by atoms with E-state index in [1.165, 1.54) is 16.2 Å². The van der Waals surface area contributed by atoms with Crippen LogP contribution in [0.15, 0.2) is 0 Å². The Labute approximate surface area is 109 Å². The first-order chi connectivity index (χ1) is 8.41. The number of aromatic nitrogens is 1. The number of aryl methyl sites for hydroxylation is 1. The maximum atomic E-state index is 12.4. The zero-order valence-electron chi connectivity index (χ0n) is 10.5. The van der Waals surface area contributed by atoms with E-state index in [1.54, 1.807) is 6.92 Å². The van der Waals surface area contributed by atoms with Crippen LogP contribution in [0.1, 0.15) is 30.8 Å². The van der Waals surface area contributed by atoms with E-state index in [0.29, 0.717) is 11.7 Å². The van der Waals surface area contributed by atoms with Crippen molar-refractivity contribution in [2.75, 3.05) is 18.0 Å². The molecule has 0 aliphatic carbocycles. The number of nitrogens with zero attached hydrogens (tertiary/aromatic N) is 2. The van der Waals surface area contributed by atoms with Crippen LogP contribution in [0.5, 0.6) is 0 Å². The minimum absolute atomic E-state index is 0.280. The Morgan fingerprint density at radius 1 is 1.33 bits per heavy atom. The van der Waals surface area contributed by atoms with Gasteiger partial charge >= 0.3 is 6.18 Å². The molecule has 0 aromatic carbocycles. The number of nitrogens with two attached hydrogens (primary N) is 1. The van der Waals surface area contributed by atoms with Crippen LogP contribution in [0.2, 0.25) is 0 Å². The molecule has 0 aliphatic rings. The number of halogens is 3. The number of anilines is 1. The summed E-state index contributed by atoms with van der Waals surface area (Å²) in [7, 11) is 0. The van der Waals surface area contributed by atoms with Gasteiger partial charge in [-0.15, -0.1) is 11.3 Å². The fourth-order valence-electron chi connectivity index (χ4n) is 1.63. The number of hydrogen-bond acceptors (Lipinski definition) is 4. The average Bonchev–Trinajstić information content (AvgIpc) is 2.68. The number of rotatable bonds is 6. The van der Waals surface area contributed by atoms with Gasteiger partial charge in [-0.05, 0) is 13.3 Å². The van der Waals surface area contributed by atoms with Crippen molar-refractivity contribution in [3.05, 3.63) is 10.6 Å². The third-order valence-electron chi connectivity index (χ3n) is 2.46. The van der Waals surface area contributed by atoms with Gasteiger partial charge in [-0.1, -0.05) is 13.3 Å². The Hall–Kier alpha value is -0.820. The van der Waals surface area contributed by atoms with Gasteiger partial charge < -0.3 is 10.6 Å². The predicted molar refractivity (Wildman–Crippen MR) is 67.9 cm³/mol. The molecule has 0 spiro atoms. The Bertz CT molecular complexity index is 376. The van der Waals surface area contributed by atoms with Crippen LogP contribution in [0.25, 0.3) is 0 Å². The molecule has 7 heteroatoms. The molecule has 0 bridgehead atoms. The summed E-state index contributed by atoms with van der Waals surface area (Å²) in [4.78, 5) is 6.41. The standard InChI is InChI=1S/C11H18F3N3S/c1-3-5-8-9(6-15)18-10(16-8)17(4-2)7-11(12,13)14/h3-7,15H2,1-2H3. The van der Waals surface area contributed by atoms with Gasteiger partial charge in [0, 0.05) is 18.0 Å². The smallest absolute Gasteiger partial charge is 0.339 e. The molecule has 1 aromatic rings. The van der Waals surface area contributed by atoms with Gasteiger partial charge in [0.1, 0.15) is 6.54 Å². The molecule has 1 aromatic heterocycles. The third kappa shape index (κ3) is 4.13. The van der Waals surface area contributed by atoms with Gasteiger partial charge in [-0.3, -0.25) is 0 Å². The van der Waals surface area contributed by atoms with Crippen LogP contribution in [-0.2, 0) is 13.0 Å². The summed E-state index contributed by atoms with van der Waals surface area (Å²) in [6, 6.07) is 0. The molecule has 104 valence electrons. The largest absolute Gasteiger partial charge is 0.406 e. The average molecular weight is 281 g/mol. The highest BCUT2D eigenvalue weighted by atomic mass is 32.1. The molecule has 0 saturated heterocycles. The molecule has 1 heterocycles. The normalized spacial score (nSPS) is 11.9. The molecule has 0 amide bonds. The molecule has 18 heavy (non-hydrogen) atoms. The van der Waals surface area contributed by atoms with Crippen molar-refractivity contribution in [3.8, 4) is 0 Å². The lowest BCUT2D eigenvalue weighted by molar-refractivity contribution is -0.119.